The first kappa shape index (κ1) is 12.4. The van der Waals surface area contributed by atoms with Gasteiger partial charge in [-0.15, -0.1) is 0 Å². The lowest BCUT2D eigenvalue weighted by atomic mass is 10.3. The van der Waals surface area contributed by atoms with Crippen LogP contribution in [0.2, 0.25) is 0 Å². The Morgan fingerprint density at radius 1 is 1.59 bits per heavy atom. The number of carbonyl (C=O) groups is 1. The Morgan fingerprint density at radius 2 is 2.41 bits per heavy atom. The zero-order chi connectivity index (χ0) is 12.1. The molecule has 17 heavy (non-hydrogen) atoms. The maximum atomic E-state index is 11.3. The molecule has 1 aromatic heterocycles. The van der Waals surface area contributed by atoms with Crippen molar-refractivity contribution in [3.8, 4) is 0 Å². The van der Waals surface area contributed by atoms with Crippen molar-refractivity contribution in [2.75, 3.05) is 18.6 Å². The highest BCUT2D eigenvalue weighted by atomic mass is 32.2. The SMILES string of the molecule is CSCCC(=O)NCCc1nc(C2CC2)no1. The van der Waals surface area contributed by atoms with Crippen molar-refractivity contribution in [2.24, 2.45) is 0 Å². The van der Waals surface area contributed by atoms with E-state index in [9.17, 15) is 4.79 Å². The van der Waals surface area contributed by atoms with Crippen molar-refractivity contribution in [3.05, 3.63) is 11.7 Å². The van der Waals surface area contributed by atoms with Gasteiger partial charge in [0.1, 0.15) is 0 Å². The molecule has 0 unspecified atom stereocenters. The van der Waals surface area contributed by atoms with Crippen molar-refractivity contribution in [2.45, 2.75) is 31.6 Å². The summed E-state index contributed by atoms with van der Waals surface area (Å²) >= 11 is 1.67. The van der Waals surface area contributed by atoms with Crippen LogP contribution in [0.15, 0.2) is 4.52 Å². The van der Waals surface area contributed by atoms with Gasteiger partial charge in [-0.2, -0.15) is 16.7 Å². The number of hydrogen-bond donors (Lipinski definition) is 1. The van der Waals surface area contributed by atoms with Gasteiger partial charge < -0.3 is 9.84 Å². The predicted octanol–water partition coefficient (Wildman–Crippen LogP) is 1.36. The van der Waals surface area contributed by atoms with Crippen LogP contribution in [-0.4, -0.2) is 34.6 Å². The van der Waals surface area contributed by atoms with Crippen molar-refractivity contribution in [3.63, 3.8) is 0 Å². The minimum absolute atomic E-state index is 0.0845. The number of nitrogens with zero attached hydrogens (tertiary/aromatic N) is 2. The minimum atomic E-state index is 0.0845. The van der Waals surface area contributed by atoms with Crippen LogP contribution in [0.1, 0.15) is 36.9 Å². The molecule has 1 aromatic rings. The van der Waals surface area contributed by atoms with E-state index in [2.05, 4.69) is 15.5 Å². The molecule has 6 heteroatoms. The molecule has 0 radical (unpaired) electrons. The molecule has 0 saturated heterocycles. The fourth-order valence-corrected chi connectivity index (χ4v) is 1.86. The van der Waals surface area contributed by atoms with Crippen LogP contribution < -0.4 is 5.32 Å². The van der Waals surface area contributed by atoms with E-state index in [0.29, 0.717) is 31.2 Å². The van der Waals surface area contributed by atoms with Crippen LogP contribution in [0.4, 0.5) is 0 Å². The van der Waals surface area contributed by atoms with E-state index < -0.39 is 0 Å². The zero-order valence-electron chi connectivity index (χ0n) is 9.94. The zero-order valence-corrected chi connectivity index (χ0v) is 10.8. The Labute approximate surface area is 105 Å². The molecule has 1 aliphatic rings. The van der Waals surface area contributed by atoms with Crippen LogP contribution in [0, 0.1) is 0 Å². The molecule has 0 aromatic carbocycles. The largest absolute Gasteiger partial charge is 0.356 e. The summed E-state index contributed by atoms with van der Waals surface area (Å²) in [5.41, 5.74) is 0. The molecule has 1 fully saturated rings. The average molecular weight is 255 g/mol. The van der Waals surface area contributed by atoms with Gasteiger partial charge in [0, 0.05) is 31.1 Å². The third-order valence-corrected chi connectivity index (χ3v) is 3.23. The second-order valence-corrected chi connectivity index (χ2v) is 5.15. The van der Waals surface area contributed by atoms with Crippen LogP contribution in [-0.2, 0) is 11.2 Å². The first-order valence-electron chi connectivity index (χ1n) is 5.87. The molecule has 2 rings (SSSR count). The maximum Gasteiger partial charge on any atom is 0.228 e. The van der Waals surface area contributed by atoms with Gasteiger partial charge in [0.2, 0.25) is 11.8 Å². The Bertz CT molecular complexity index is 377. The third kappa shape index (κ3) is 4.03. The van der Waals surface area contributed by atoms with E-state index in [1.807, 2.05) is 6.26 Å². The van der Waals surface area contributed by atoms with Gasteiger partial charge in [0.15, 0.2) is 5.82 Å². The summed E-state index contributed by atoms with van der Waals surface area (Å²) in [6, 6.07) is 0. The van der Waals surface area contributed by atoms with Crippen molar-refractivity contribution in [1.82, 2.24) is 15.5 Å². The molecular weight excluding hydrogens is 238 g/mol. The van der Waals surface area contributed by atoms with E-state index in [1.54, 1.807) is 11.8 Å². The molecule has 1 saturated carbocycles. The molecular formula is C11H17N3O2S. The number of thioether (sulfide) groups is 1. The number of amides is 1. The molecule has 1 aliphatic carbocycles. The molecule has 94 valence electrons. The van der Waals surface area contributed by atoms with E-state index in [1.165, 1.54) is 12.8 Å². The van der Waals surface area contributed by atoms with Gasteiger partial charge in [0.05, 0.1) is 0 Å². The van der Waals surface area contributed by atoms with Gasteiger partial charge >= 0.3 is 0 Å². The topological polar surface area (TPSA) is 68.0 Å². The second-order valence-electron chi connectivity index (χ2n) is 4.16. The van der Waals surface area contributed by atoms with Crippen LogP contribution >= 0.6 is 11.8 Å². The Balaban J connectivity index is 1.65. The summed E-state index contributed by atoms with van der Waals surface area (Å²) in [5, 5.41) is 6.76. The monoisotopic (exact) mass is 255 g/mol. The first-order valence-corrected chi connectivity index (χ1v) is 7.27. The molecule has 1 N–H and O–H groups in total. The summed E-state index contributed by atoms with van der Waals surface area (Å²) in [7, 11) is 0. The van der Waals surface area contributed by atoms with Crippen molar-refractivity contribution >= 4 is 17.7 Å². The number of hydrogen-bond acceptors (Lipinski definition) is 5. The highest BCUT2D eigenvalue weighted by molar-refractivity contribution is 7.98. The Kier molecular flexibility index (Phi) is 4.42. The summed E-state index contributed by atoms with van der Waals surface area (Å²) in [4.78, 5) is 15.6. The lowest BCUT2D eigenvalue weighted by Crippen LogP contribution is -2.25. The molecule has 1 heterocycles. The quantitative estimate of drug-likeness (QED) is 0.796. The molecule has 0 spiro atoms. The highest BCUT2D eigenvalue weighted by Crippen LogP contribution is 2.38. The maximum absolute atomic E-state index is 11.3. The first-order chi connectivity index (χ1) is 8.29. The summed E-state index contributed by atoms with van der Waals surface area (Å²) in [5.74, 6) is 2.91. The Morgan fingerprint density at radius 3 is 3.12 bits per heavy atom. The Hall–Kier alpha value is -1.04. The highest BCUT2D eigenvalue weighted by Gasteiger charge is 2.28. The number of carbonyl (C=O) groups excluding carboxylic acids is 1. The van der Waals surface area contributed by atoms with Gasteiger partial charge in [-0.25, -0.2) is 0 Å². The van der Waals surface area contributed by atoms with Gasteiger partial charge in [-0.05, 0) is 19.1 Å². The van der Waals surface area contributed by atoms with Crippen molar-refractivity contribution in [1.29, 1.82) is 0 Å². The van der Waals surface area contributed by atoms with E-state index in [4.69, 9.17) is 4.52 Å². The number of aromatic nitrogens is 2. The third-order valence-electron chi connectivity index (χ3n) is 2.62. The molecule has 1 amide bonds. The second kappa shape index (κ2) is 6.05. The van der Waals surface area contributed by atoms with Gasteiger partial charge in [-0.1, -0.05) is 5.16 Å². The van der Waals surface area contributed by atoms with Gasteiger partial charge in [0.25, 0.3) is 0 Å². The average Bonchev–Trinajstić information content (AvgIpc) is 3.07. The molecule has 0 atom stereocenters. The lowest BCUT2D eigenvalue weighted by Gasteiger charge is -2.01. The fourth-order valence-electron chi connectivity index (χ4n) is 1.47. The normalized spacial score (nSPS) is 14.9. The standard InChI is InChI=1S/C11H17N3O2S/c1-17-7-5-9(15)12-6-4-10-13-11(14-16-10)8-2-3-8/h8H,2-7H2,1H3,(H,12,15). The summed E-state index contributed by atoms with van der Waals surface area (Å²) < 4.78 is 5.11. The van der Waals surface area contributed by atoms with Crippen LogP contribution in [0.25, 0.3) is 0 Å². The van der Waals surface area contributed by atoms with E-state index in [-0.39, 0.29) is 5.91 Å². The minimum Gasteiger partial charge on any atom is -0.356 e. The van der Waals surface area contributed by atoms with Crippen LogP contribution in [0.5, 0.6) is 0 Å². The molecule has 0 bridgehead atoms. The molecule has 0 aliphatic heterocycles. The van der Waals surface area contributed by atoms with E-state index >= 15 is 0 Å². The predicted molar refractivity (Wildman–Crippen MR) is 66.0 cm³/mol. The fraction of sp³-hybridized carbons (Fsp3) is 0.727. The van der Waals surface area contributed by atoms with Crippen molar-refractivity contribution < 1.29 is 9.32 Å². The number of rotatable bonds is 7. The lowest BCUT2D eigenvalue weighted by molar-refractivity contribution is -0.120. The smallest absolute Gasteiger partial charge is 0.228 e. The van der Waals surface area contributed by atoms with Crippen LogP contribution in [0.3, 0.4) is 0 Å². The molecule has 5 nitrogen and oxygen atoms in total. The summed E-state index contributed by atoms with van der Waals surface area (Å²) in [6.45, 7) is 0.569. The van der Waals surface area contributed by atoms with Gasteiger partial charge in [-0.3, -0.25) is 4.79 Å². The van der Waals surface area contributed by atoms with E-state index in [0.717, 1.165) is 11.6 Å². The summed E-state index contributed by atoms with van der Waals surface area (Å²) in [6.07, 6.45) is 5.52. The number of nitrogens with one attached hydrogen (secondary N) is 1.